The molecular weight excluding hydrogens is 345 g/mol. The molecule has 0 unspecified atom stereocenters. The van der Waals surface area contributed by atoms with Crippen LogP contribution in [-0.2, 0) is 10.0 Å². The average molecular weight is 359 g/mol. The fourth-order valence-electron chi connectivity index (χ4n) is 2.87. The maximum absolute atomic E-state index is 13.3. The molecule has 2 N–H and O–H groups in total. The second kappa shape index (κ2) is 5.75. The van der Waals surface area contributed by atoms with Gasteiger partial charge in [-0.05, 0) is 42.2 Å². The highest BCUT2D eigenvalue weighted by molar-refractivity contribution is 7.89. The number of nitrogens with zero attached hydrogens (tertiary/aromatic N) is 2. The number of primary sulfonamides is 1. The van der Waals surface area contributed by atoms with Gasteiger partial charge in [0.1, 0.15) is 5.82 Å². The SMILES string of the molecule is NS(=O)(=O)c1ccc([C@@H]2C[C@H]2c2nc(-c3cccc(F)c3)no2)cc1. The number of sulfonamides is 1. The largest absolute Gasteiger partial charge is 0.339 e. The quantitative estimate of drug-likeness (QED) is 0.772. The summed E-state index contributed by atoms with van der Waals surface area (Å²) < 4.78 is 41.2. The summed E-state index contributed by atoms with van der Waals surface area (Å²) >= 11 is 0. The average Bonchev–Trinajstić information content (AvgIpc) is 3.22. The Labute approximate surface area is 143 Å². The highest BCUT2D eigenvalue weighted by atomic mass is 32.2. The lowest BCUT2D eigenvalue weighted by atomic mass is 10.1. The lowest BCUT2D eigenvalue weighted by molar-refractivity contribution is 0.378. The summed E-state index contributed by atoms with van der Waals surface area (Å²) in [4.78, 5) is 4.44. The number of hydrogen-bond donors (Lipinski definition) is 1. The van der Waals surface area contributed by atoms with Crippen molar-refractivity contribution >= 4 is 10.0 Å². The molecule has 0 aliphatic heterocycles. The maximum atomic E-state index is 13.3. The van der Waals surface area contributed by atoms with E-state index in [0.29, 0.717) is 17.3 Å². The Bertz CT molecular complexity index is 1030. The molecule has 4 rings (SSSR count). The lowest BCUT2D eigenvalue weighted by Crippen LogP contribution is -2.11. The van der Waals surface area contributed by atoms with Gasteiger partial charge in [-0.25, -0.2) is 17.9 Å². The molecule has 0 saturated heterocycles. The van der Waals surface area contributed by atoms with Crippen molar-refractivity contribution in [3.05, 3.63) is 65.8 Å². The molecule has 1 heterocycles. The Morgan fingerprint density at radius 1 is 1.12 bits per heavy atom. The predicted molar refractivity (Wildman–Crippen MR) is 87.6 cm³/mol. The molecule has 2 aromatic carbocycles. The Morgan fingerprint density at radius 2 is 1.88 bits per heavy atom. The fraction of sp³-hybridized carbons (Fsp3) is 0.176. The van der Waals surface area contributed by atoms with Gasteiger partial charge >= 0.3 is 0 Å². The molecule has 1 fully saturated rings. The summed E-state index contributed by atoms with van der Waals surface area (Å²) in [6.45, 7) is 0. The molecular formula is C17H14FN3O3S. The molecule has 1 aliphatic carbocycles. The van der Waals surface area contributed by atoms with Crippen LogP contribution >= 0.6 is 0 Å². The maximum Gasteiger partial charge on any atom is 0.238 e. The van der Waals surface area contributed by atoms with Gasteiger partial charge in [-0.15, -0.1) is 0 Å². The molecule has 1 saturated carbocycles. The smallest absolute Gasteiger partial charge is 0.238 e. The molecule has 8 heteroatoms. The van der Waals surface area contributed by atoms with Gasteiger partial charge in [-0.2, -0.15) is 4.98 Å². The van der Waals surface area contributed by atoms with Crippen molar-refractivity contribution in [2.75, 3.05) is 0 Å². The third kappa shape index (κ3) is 3.18. The van der Waals surface area contributed by atoms with Crippen LogP contribution in [0.5, 0.6) is 0 Å². The van der Waals surface area contributed by atoms with E-state index >= 15 is 0 Å². The molecule has 0 bridgehead atoms. The number of nitrogens with two attached hydrogens (primary N) is 1. The van der Waals surface area contributed by atoms with Gasteiger partial charge in [0.15, 0.2) is 0 Å². The van der Waals surface area contributed by atoms with Crippen LogP contribution in [-0.4, -0.2) is 18.6 Å². The van der Waals surface area contributed by atoms with Gasteiger partial charge < -0.3 is 4.52 Å². The molecule has 3 aromatic rings. The Hall–Kier alpha value is -2.58. The van der Waals surface area contributed by atoms with Crippen LogP contribution in [0.2, 0.25) is 0 Å². The van der Waals surface area contributed by atoms with Crippen LogP contribution in [0.25, 0.3) is 11.4 Å². The van der Waals surface area contributed by atoms with Crippen LogP contribution in [0, 0.1) is 5.82 Å². The van der Waals surface area contributed by atoms with E-state index < -0.39 is 10.0 Å². The second-order valence-corrected chi connectivity index (χ2v) is 7.59. The zero-order valence-corrected chi connectivity index (χ0v) is 13.8. The van der Waals surface area contributed by atoms with Crippen LogP contribution in [0.3, 0.4) is 0 Å². The summed E-state index contributed by atoms with van der Waals surface area (Å²) in [6.07, 6.45) is 0.833. The van der Waals surface area contributed by atoms with Crippen molar-refractivity contribution in [2.45, 2.75) is 23.2 Å². The van der Waals surface area contributed by atoms with Crippen LogP contribution < -0.4 is 5.14 Å². The number of hydrogen-bond acceptors (Lipinski definition) is 5. The second-order valence-electron chi connectivity index (χ2n) is 6.03. The van der Waals surface area contributed by atoms with Crippen molar-refractivity contribution in [2.24, 2.45) is 5.14 Å². The number of halogens is 1. The van der Waals surface area contributed by atoms with E-state index in [2.05, 4.69) is 10.1 Å². The first-order valence-corrected chi connectivity index (χ1v) is 9.19. The number of benzene rings is 2. The first kappa shape index (κ1) is 15.9. The molecule has 25 heavy (non-hydrogen) atoms. The molecule has 0 amide bonds. The van der Waals surface area contributed by atoms with Crippen LogP contribution in [0.15, 0.2) is 57.9 Å². The van der Waals surface area contributed by atoms with Gasteiger partial charge in [0.05, 0.1) is 4.90 Å². The van der Waals surface area contributed by atoms with Gasteiger partial charge in [-0.1, -0.05) is 29.4 Å². The van der Waals surface area contributed by atoms with Gasteiger partial charge in [0, 0.05) is 11.5 Å². The van der Waals surface area contributed by atoms with Crippen LogP contribution in [0.4, 0.5) is 4.39 Å². The van der Waals surface area contributed by atoms with E-state index in [1.54, 1.807) is 24.3 Å². The van der Waals surface area contributed by atoms with E-state index in [0.717, 1.165) is 12.0 Å². The minimum absolute atomic E-state index is 0.0788. The molecule has 0 spiro atoms. The number of rotatable bonds is 4. The molecule has 0 radical (unpaired) electrons. The Balaban J connectivity index is 1.52. The van der Waals surface area contributed by atoms with E-state index in [-0.39, 0.29) is 22.5 Å². The summed E-state index contributed by atoms with van der Waals surface area (Å²) in [5.74, 6) is 0.762. The molecule has 2 atom stereocenters. The van der Waals surface area contributed by atoms with E-state index in [9.17, 15) is 12.8 Å². The zero-order valence-electron chi connectivity index (χ0n) is 13.0. The highest BCUT2D eigenvalue weighted by Gasteiger charge is 2.43. The Morgan fingerprint density at radius 3 is 2.56 bits per heavy atom. The number of aromatic nitrogens is 2. The van der Waals surface area contributed by atoms with Gasteiger partial charge in [-0.3, -0.25) is 0 Å². The van der Waals surface area contributed by atoms with E-state index in [1.165, 1.54) is 24.3 Å². The first-order chi connectivity index (χ1) is 11.9. The summed E-state index contributed by atoms with van der Waals surface area (Å²) in [5, 5.41) is 9.01. The van der Waals surface area contributed by atoms with Crippen molar-refractivity contribution in [3.63, 3.8) is 0 Å². The minimum atomic E-state index is -3.69. The summed E-state index contributed by atoms with van der Waals surface area (Å²) in [7, 11) is -3.69. The standard InChI is InChI=1S/C17H14FN3O3S/c18-12-3-1-2-11(8-12)16-20-17(24-21-16)15-9-14(15)10-4-6-13(7-5-10)25(19,22)23/h1-8,14-15H,9H2,(H2,19,22,23)/t14-,15+/m0/s1. The zero-order chi connectivity index (χ0) is 17.6. The lowest BCUT2D eigenvalue weighted by Gasteiger charge is -2.01. The van der Waals surface area contributed by atoms with Crippen molar-refractivity contribution < 1.29 is 17.3 Å². The molecule has 128 valence electrons. The summed E-state index contributed by atoms with van der Waals surface area (Å²) in [5.41, 5.74) is 1.55. The van der Waals surface area contributed by atoms with Gasteiger partial charge in [0.25, 0.3) is 0 Å². The predicted octanol–water partition coefficient (Wildman–Crippen LogP) is 2.79. The fourth-order valence-corrected chi connectivity index (χ4v) is 3.39. The third-order valence-electron chi connectivity index (χ3n) is 4.27. The van der Waals surface area contributed by atoms with Gasteiger partial charge in [0.2, 0.25) is 21.7 Å². The Kier molecular flexibility index (Phi) is 3.66. The molecule has 1 aromatic heterocycles. The van der Waals surface area contributed by atoms with E-state index in [1.807, 2.05) is 0 Å². The minimum Gasteiger partial charge on any atom is -0.339 e. The third-order valence-corrected chi connectivity index (χ3v) is 5.20. The topological polar surface area (TPSA) is 99.1 Å². The van der Waals surface area contributed by atoms with E-state index in [4.69, 9.17) is 9.66 Å². The summed E-state index contributed by atoms with van der Waals surface area (Å²) in [6, 6.07) is 12.5. The van der Waals surface area contributed by atoms with Crippen LogP contribution in [0.1, 0.15) is 29.7 Å². The molecule has 6 nitrogen and oxygen atoms in total. The molecule has 1 aliphatic rings. The highest BCUT2D eigenvalue weighted by Crippen LogP contribution is 2.54. The monoisotopic (exact) mass is 359 g/mol. The first-order valence-electron chi connectivity index (χ1n) is 7.64. The normalized spacial score (nSPS) is 19.8. The van der Waals surface area contributed by atoms with Crippen molar-refractivity contribution in [1.29, 1.82) is 0 Å². The van der Waals surface area contributed by atoms with Crippen molar-refractivity contribution in [3.8, 4) is 11.4 Å². The van der Waals surface area contributed by atoms with Crippen molar-refractivity contribution in [1.82, 2.24) is 10.1 Å².